The highest BCUT2D eigenvalue weighted by molar-refractivity contribution is 5.83. The highest BCUT2D eigenvalue weighted by atomic mass is 19.4. The molecule has 1 aliphatic rings. The van der Waals surface area contributed by atoms with Crippen molar-refractivity contribution in [2.75, 3.05) is 18.0 Å². The second kappa shape index (κ2) is 10.5. The van der Waals surface area contributed by atoms with Crippen LogP contribution in [-0.2, 0) is 17.5 Å². The van der Waals surface area contributed by atoms with Crippen molar-refractivity contribution in [3.05, 3.63) is 87.6 Å². The van der Waals surface area contributed by atoms with Crippen LogP contribution >= 0.6 is 0 Å². The summed E-state index contributed by atoms with van der Waals surface area (Å²) in [6.07, 6.45) is -2.77. The summed E-state index contributed by atoms with van der Waals surface area (Å²) in [5.41, 5.74) is -0.982. The number of nitrogens with zero attached hydrogens (tertiary/aromatic N) is 3. The molecule has 4 aromatic rings. The van der Waals surface area contributed by atoms with E-state index in [-0.39, 0.29) is 23.9 Å². The molecule has 0 radical (unpaired) electrons. The Balaban J connectivity index is 1.27. The van der Waals surface area contributed by atoms with Crippen LogP contribution < -0.4 is 15.8 Å². The fraction of sp³-hybridized carbons (Fsp3) is 0.286. The lowest BCUT2D eigenvalue weighted by atomic mass is 9.95. The number of fused-ring (bicyclic) bond motifs is 1. The fourth-order valence-electron chi connectivity index (χ4n) is 4.88. The lowest BCUT2D eigenvalue weighted by Crippen LogP contribution is -2.40. The first-order chi connectivity index (χ1) is 18.6. The third-order valence-electron chi connectivity index (χ3n) is 6.99. The van der Waals surface area contributed by atoms with Gasteiger partial charge in [-0.3, -0.25) is 9.59 Å². The van der Waals surface area contributed by atoms with E-state index in [9.17, 15) is 22.8 Å². The molecule has 2 aromatic carbocycles. The zero-order valence-corrected chi connectivity index (χ0v) is 21.0. The number of para-hydroxylation sites is 1. The quantitative estimate of drug-likeness (QED) is 0.349. The Kier molecular flexibility index (Phi) is 7.07. The van der Waals surface area contributed by atoms with Gasteiger partial charge < -0.3 is 15.2 Å². The summed E-state index contributed by atoms with van der Waals surface area (Å²) >= 11 is 0. The van der Waals surface area contributed by atoms with Crippen molar-refractivity contribution in [3.63, 3.8) is 0 Å². The largest absolute Gasteiger partial charge is 0.417 e. The van der Waals surface area contributed by atoms with Gasteiger partial charge in [0.25, 0.3) is 5.56 Å². The van der Waals surface area contributed by atoms with Crippen LogP contribution in [0.5, 0.6) is 0 Å². The molecule has 0 bridgehead atoms. The number of pyridine rings is 1. The van der Waals surface area contributed by atoms with E-state index < -0.39 is 34.5 Å². The Bertz CT molecular complexity index is 1590. The molecule has 3 heterocycles. The lowest BCUT2D eigenvalue weighted by molar-refractivity contribution is -0.137. The number of anilines is 1. The van der Waals surface area contributed by atoms with Crippen LogP contribution in [0.1, 0.15) is 29.5 Å². The predicted octanol–water partition coefficient (Wildman–Crippen LogP) is 4.98. The van der Waals surface area contributed by atoms with Crippen molar-refractivity contribution in [2.24, 2.45) is 5.92 Å². The van der Waals surface area contributed by atoms with Gasteiger partial charge in [0.1, 0.15) is 17.5 Å². The van der Waals surface area contributed by atoms with Crippen LogP contribution in [0.15, 0.2) is 59.5 Å². The minimum absolute atomic E-state index is 0.147. The van der Waals surface area contributed by atoms with Crippen LogP contribution in [0.3, 0.4) is 0 Å². The number of carbonyl (C=O) groups is 1. The smallest absolute Gasteiger partial charge is 0.357 e. The van der Waals surface area contributed by atoms with E-state index >= 15 is 4.39 Å². The number of aromatic amines is 1. The number of aromatic nitrogens is 3. The summed E-state index contributed by atoms with van der Waals surface area (Å²) in [6, 6.07) is 12.7. The van der Waals surface area contributed by atoms with Crippen molar-refractivity contribution in [1.29, 1.82) is 0 Å². The van der Waals surface area contributed by atoms with Crippen molar-refractivity contribution in [1.82, 2.24) is 20.3 Å². The summed E-state index contributed by atoms with van der Waals surface area (Å²) in [4.78, 5) is 37.3. The van der Waals surface area contributed by atoms with Crippen LogP contribution in [0.4, 0.5) is 23.4 Å². The minimum Gasteiger partial charge on any atom is -0.357 e. The van der Waals surface area contributed by atoms with Crippen LogP contribution in [0.2, 0.25) is 0 Å². The highest BCUT2D eigenvalue weighted by Crippen LogP contribution is 2.38. The number of amides is 1. The van der Waals surface area contributed by atoms with Gasteiger partial charge in [0.2, 0.25) is 5.91 Å². The van der Waals surface area contributed by atoms with Crippen molar-refractivity contribution >= 4 is 22.6 Å². The van der Waals surface area contributed by atoms with Gasteiger partial charge in [0.05, 0.1) is 16.6 Å². The van der Waals surface area contributed by atoms with Crippen molar-refractivity contribution < 1.29 is 22.4 Å². The van der Waals surface area contributed by atoms with Crippen molar-refractivity contribution in [2.45, 2.75) is 32.5 Å². The first-order valence-electron chi connectivity index (χ1n) is 12.4. The molecule has 0 saturated carbocycles. The Morgan fingerprint density at radius 3 is 2.59 bits per heavy atom. The van der Waals surface area contributed by atoms with Gasteiger partial charge in [-0.15, -0.1) is 0 Å². The summed E-state index contributed by atoms with van der Waals surface area (Å²) < 4.78 is 56.1. The molecule has 1 fully saturated rings. The Morgan fingerprint density at radius 2 is 1.87 bits per heavy atom. The number of benzene rings is 2. The average Bonchev–Trinajstić information content (AvgIpc) is 2.91. The highest BCUT2D eigenvalue weighted by Gasteiger charge is 2.36. The number of aryl methyl sites for hydroxylation is 1. The fourth-order valence-corrected chi connectivity index (χ4v) is 4.88. The Hall–Kier alpha value is -4.28. The van der Waals surface area contributed by atoms with Gasteiger partial charge in [-0.2, -0.15) is 13.2 Å². The molecule has 1 amide bonds. The average molecular weight is 540 g/mol. The van der Waals surface area contributed by atoms with Gasteiger partial charge in [-0.05, 0) is 43.5 Å². The molecule has 7 nitrogen and oxygen atoms in total. The molecule has 0 aliphatic carbocycles. The van der Waals surface area contributed by atoms with E-state index in [2.05, 4.69) is 20.2 Å². The topological polar surface area (TPSA) is 91.0 Å². The van der Waals surface area contributed by atoms with Gasteiger partial charge in [0, 0.05) is 48.8 Å². The summed E-state index contributed by atoms with van der Waals surface area (Å²) in [7, 11) is 0. The molecule has 2 aromatic heterocycles. The zero-order valence-electron chi connectivity index (χ0n) is 21.0. The van der Waals surface area contributed by atoms with E-state index in [1.165, 1.54) is 0 Å². The maximum absolute atomic E-state index is 15.3. The third kappa shape index (κ3) is 5.47. The molecule has 2 N–H and O–H groups in total. The molecule has 202 valence electrons. The van der Waals surface area contributed by atoms with E-state index in [0.717, 1.165) is 46.7 Å². The van der Waals surface area contributed by atoms with Gasteiger partial charge in [-0.25, -0.2) is 14.4 Å². The molecule has 11 heteroatoms. The van der Waals surface area contributed by atoms with Gasteiger partial charge in [0.15, 0.2) is 0 Å². The summed E-state index contributed by atoms with van der Waals surface area (Å²) in [6.45, 7) is 2.91. The number of piperidine rings is 1. The van der Waals surface area contributed by atoms with Gasteiger partial charge in [-0.1, -0.05) is 24.3 Å². The molecule has 39 heavy (non-hydrogen) atoms. The Morgan fingerprint density at radius 1 is 1.10 bits per heavy atom. The number of halogens is 4. The van der Waals surface area contributed by atoms with Crippen LogP contribution in [0.25, 0.3) is 22.3 Å². The SMILES string of the molecule is Cc1cccc2ccc(N3CCC(C(=O)NCc4ccc(C(F)(F)F)c(-c5nccc(=O)[nH]5)c4F)CC3)nc12. The molecule has 5 rings (SSSR count). The van der Waals surface area contributed by atoms with Crippen LogP contribution in [-0.4, -0.2) is 33.9 Å². The van der Waals surface area contributed by atoms with E-state index in [0.29, 0.717) is 25.9 Å². The first kappa shape index (κ1) is 26.3. The number of H-pyrrole nitrogens is 1. The second-order valence-corrected chi connectivity index (χ2v) is 9.54. The number of hydrogen-bond acceptors (Lipinski definition) is 5. The van der Waals surface area contributed by atoms with Gasteiger partial charge >= 0.3 is 6.18 Å². The first-order valence-corrected chi connectivity index (χ1v) is 12.4. The summed E-state index contributed by atoms with van der Waals surface area (Å²) in [5, 5.41) is 3.71. The van der Waals surface area contributed by atoms with E-state index in [1.807, 2.05) is 37.3 Å². The maximum atomic E-state index is 15.3. The normalized spacial score (nSPS) is 14.5. The number of nitrogens with one attached hydrogen (secondary N) is 2. The molecule has 1 aliphatic heterocycles. The summed E-state index contributed by atoms with van der Waals surface area (Å²) in [5.74, 6) is -1.53. The monoisotopic (exact) mass is 539 g/mol. The number of alkyl halides is 3. The number of hydrogen-bond donors (Lipinski definition) is 2. The molecule has 0 spiro atoms. The molecular formula is C28H25F4N5O2. The van der Waals surface area contributed by atoms with E-state index in [4.69, 9.17) is 4.98 Å². The predicted molar refractivity (Wildman–Crippen MR) is 139 cm³/mol. The Labute approximate surface area is 220 Å². The second-order valence-electron chi connectivity index (χ2n) is 9.54. The molecule has 0 atom stereocenters. The third-order valence-corrected chi connectivity index (χ3v) is 6.99. The minimum atomic E-state index is -4.88. The van der Waals surface area contributed by atoms with Crippen LogP contribution in [0, 0.1) is 18.7 Å². The molecule has 0 unspecified atom stereocenters. The van der Waals surface area contributed by atoms with E-state index in [1.54, 1.807) is 0 Å². The maximum Gasteiger partial charge on any atom is 0.417 e. The molecule has 1 saturated heterocycles. The number of carbonyl (C=O) groups excluding carboxylic acids is 1. The standard InChI is InChI=1S/C28H25F4N5O2/c1-16-3-2-4-17-6-8-21(35-25(16)17)37-13-10-18(11-14-37)27(39)34-15-19-5-7-20(28(30,31)32)23(24(19)29)26-33-12-9-22(38)36-26/h2-9,12,18H,10-11,13-15H2,1H3,(H,34,39)(H,33,36,38). The number of rotatable bonds is 5. The zero-order chi connectivity index (χ0) is 27.7. The molecular weight excluding hydrogens is 514 g/mol. The lowest BCUT2D eigenvalue weighted by Gasteiger charge is -2.32. The van der Waals surface area contributed by atoms with Crippen molar-refractivity contribution in [3.8, 4) is 11.4 Å².